The van der Waals surface area contributed by atoms with Gasteiger partial charge in [0.25, 0.3) is 0 Å². The lowest BCUT2D eigenvalue weighted by Crippen LogP contribution is -2.34. The standard InChI is InChI=1S/C10H13N3O4/c1-6-4-8(12-17-6)9(14)16-7-2-3-13(5-7)10(11)15/h4,7H,2-3,5H2,1H3,(H2,11,15). The number of amides is 2. The molecule has 1 aliphatic heterocycles. The van der Waals surface area contributed by atoms with Gasteiger partial charge in [-0.2, -0.15) is 0 Å². The summed E-state index contributed by atoms with van der Waals surface area (Å²) < 4.78 is 9.95. The summed E-state index contributed by atoms with van der Waals surface area (Å²) >= 11 is 0. The first-order valence-corrected chi connectivity index (χ1v) is 5.25. The van der Waals surface area contributed by atoms with Gasteiger partial charge in [0.15, 0.2) is 5.69 Å². The monoisotopic (exact) mass is 239 g/mol. The third-order valence-electron chi connectivity index (χ3n) is 2.57. The van der Waals surface area contributed by atoms with Gasteiger partial charge in [-0.1, -0.05) is 5.16 Å². The SMILES string of the molecule is Cc1cc(C(=O)OC2CCN(C(N)=O)C2)no1. The second-order valence-corrected chi connectivity index (χ2v) is 3.92. The Morgan fingerprint density at radius 2 is 2.41 bits per heavy atom. The van der Waals surface area contributed by atoms with E-state index in [2.05, 4.69) is 5.16 Å². The Morgan fingerprint density at radius 3 is 2.94 bits per heavy atom. The number of aromatic nitrogens is 1. The molecule has 1 atom stereocenters. The van der Waals surface area contributed by atoms with E-state index >= 15 is 0 Å². The van der Waals surface area contributed by atoms with Crippen LogP contribution in [0.2, 0.25) is 0 Å². The van der Waals surface area contributed by atoms with Crippen molar-refractivity contribution in [3.8, 4) is 0 Å². The number of ether oxygens (including phenoxy) is 1. The number of carbonyl (C=O) groups excluding carboxylic acids is 2. The molecule has 0 spiro atoms. The van der Waals surface area contributed by atoms with E-state index in [-0.39, 0.29) is 11.8 Å². The maximum absolute atomic E-state index is 11.6. The molecule has 7 heteroatoms. The van der Waals surface area contributed by atoms with E-state index in [1.807, 2.05) is 0 Å². The molecule has 7 nitrogen and oxygen atoms in total. The molecule has 92 valence electrons. The van der Waals surface area contributed by atoms with E-state index in [0.717, 1.165) is 0 Å². The number of carbonyl (C=O) groups is 2. The Kier molecular flexibility index (Phi) is 2.99. The topological polar surface area (TPSA) is 98.7 Å². The van der Waals surface area contributed by atoms with Crippen LogP contribution in [-0.4, -0.2) is 41.3 Å². The van der Waals surface area contributed by atoms with E-state index in [9.17, 15) is 9.59 Å². The van der Waals surface area contributed by atoms with Gasteiger partial charge in [0, 0.05) is 19.0 Å². The number of urea groups is 1. The average Bonchev–Trinajstić information content (AvgIpc) is 2.86. The summed E-state index contributed by atoms with van der Waals surface area (Å²) in [6, 6.07) is 1.00. The second-order valence-electron chi connectivity index (χ2n) is 3.92. The first-order chi connectivity index (χ1) is 8.06. The largest absolute Gasteiger partial charge is 0.456 e. The molecule has 2 heterocycles. The molecule has 0 aliphatic carbocycles. The lowest BCUT2D eigenvalue weighted by atomic mass is 10.3. The van der Waals surface area contributed by atoms with Crippen LogP contribution in [-0.2, 0) is 4.74 Å². The highest BCUT2D eigenvalue weighted by molar-refractivity contribution is 5.87. The fourth-order valence-electron chi connectivity index (χ4n) is 1.70. The first-order valence-electron chi connectivity index (χ1n) is 5.25. The lowest BCUT2D eigenvalue weighted by molar-refractivity contribution is 0.0317. The molecular formula is C10H13N3O4. The number of hydrogen-bond acceptors (Lipinski definition) is 5. The quantitative estimate of drug-likeness (QED) is 0.748. The smallest absolute Gasteiger partial charge is 0.360 e. The number of rotatable bonds is 2. The molecule has 0 aromatic carbocycles. The van der Waals surface area contributed by atoms with Crippen molar-refractivity contribution in [1.29, 1.82) is 0 Å². The maximum atomic E-state index is 11.6. The highest BCUT2D eigenvalue weighted by Crippen LogP contribution is 2.14. The van der Waals surface area contributed by atoms with Crippen LogP contribution in [0.3, 0.4) is 0 Å². The van der Waals surface area contributed by atoms with Crippen molar-refractivity contribution >= 4 is 12.0 Å². The molecule has 0 bridgehead atoms. The van der Waals surface area contributed by atoms with E-state index in [0.29, 0.717) is 25.3 Å². The maximum Gasteiger partial charge on any atom is 0.360 e. The van der Waals surface area contributed by atoms with Gasteiger partial charge in [-0.25, -0.2) is 9.59 Å². The molecule has 1 aromatic rings. The first kappa shape index (κ1) is 11.4. The van der Waals surface area contributed by atoms with Crippen LogP contribution >= 0.6 is 0 Å². The van der Waals surface area contributed by atoms with E-state index in [1.165, 1.54) is 11.0 Å². The van der Waals surface area contributed by atoms with Gasteiger partial charge in [0.1, 0.15) is 11.9 Å². The summed E-state index contributed by atoms with van der Waals surface area (Å²) in [5.74, 6) is 0.000282. The summed E-state index contributed by atoms with van der Waals surface area (Å²) in [6.45, 7) is 2.53. The molecule has 1 saturated heterocycles. The van der Waals surface area contributed by atoms with Crippen molar-refractivity contribution in [1.82, 2.24) is 10.1 Å². The normalized spacial score (nSPS) is 19.4. The second kappa shape index (κ2) is 4.44. The predicted octanol–water partition coefficient (Wildman–Crippen LogP) is 0.293. The number of likely N-dealkylation sites (tertiary alicyclic amines) is 1. The molecule has 1 aromatic heterocycles. The molecule has 2 amide bonds. The van der Waals surface area contributed by atoms with Crippen LogP contribution in [0.1, 0.15) is 22.7 Å². The van der Waals surface area contributed by atoms with Gasteiger partial charge in [-0.05, 0) is 6.92 Å². The van der Waals surface area contributed by atoms with E-state index in [1.54, 1.807) is 6.92 Å². The van der Waals surface area contributed by atoms with Gasteiger partial charge in [-0.15, -0.1) is 0 Å². The zero-order valence-corrected chi connectivity index (χ0v) is 9.38. The number of nitrogens with two attached hydrogens (primary N) is 1. The van der Waals surface area contributed by atoms with Crippen molar-refractivity contribution in [2.45, 2.75) is 19.4 Å². The molecule has 1 unspecified atom stereocenters. The minimum absolute atomic E-state index is 0.139. The molecule has 17 heavy (non-hydrogen) atoms. The van der Waals surface area contributed by atoms with Crippen molar-refractivity contribution in [2.75, 3.05) is 13.1 Å². The summed E-state index contributed by atoms with van der Waals surface area (Å²) in [6.07, 6.45) is 0.262. The van der Waals surface area contributed by atoms with Gasteiger partial charge < -0.3 is 19.9 Å². The molecule has 1 aliphatic rings. The van der Waals surface area contributed by atoms with Crippen molar-refractivity contribution in [2.24, 2.45) is 5.73 Å². The summed E-state index contributed by atoms with van der Waals surface area (Å²) in [7, 11) is 0. The minimum Gasteiger partial charge on any atom is -0.456 e. The van der Waals surface area contributed by atoms with E-state index < -0.39 is 12.0 Å². The van der Waals surface area contributed by atoms with Crippen LogP contribution in [0.4, 0.5) is 4.79 Å². The Hall–Kier alpha value is -2.05. The van der Waals surface area contributed by atoms with Crippen molar-refractivity contribution in [3.05, 3.63) is 17.5 Å². The third kappa shape index (κ3) is 2.55. The Bertz CT molecular complexity index is 443. The molecule has 2 N–H and O–H groups in total. The number of aryl methyl sites for hydroxylation is 1. The van der Waals surface area contributed by atoms with Gasteiger partial charge >= 0.3 is 12.0 Å². The Morgan fingerprint density at radius 1 is 1.65 bits per heavy atom. The van der Waals surface area contributed by atoms with Crippen LogP contribution in [0.15, 0.2) is 10.6 Å². The van der Waals surface area contributed by atoms with Crippen LogP contribution in [0, 0.1) is 6.92 Å². The van der Waals surface area contributed by atoms with Crippen molar-refractivity contribution < 1.29 is 18.8 Å². The van der Waals surface area contributed by atoms with Crippen LogP contribution < -0.4 is 5.73 Å². The molecule has 0 radical (unpaired) electrons. The highest BCUT2D eigenvalue weighted by atomic mass is 16.5. The lowest BCUT2D eigenvalue weighted by Gasteiger charge is -2.13. The van der Waals surface area contributed by atoms with Crippen LogP contribution in [0.25, 0.3) is 0 Å². The summed E-state index contributed by atoms with van der Waals surface area (Å²) in [5.41, 5.74) is 5.26. The molecule has 1 fully saturated rings. The fraction of sp³-hybridized carbons (Fsp3) is 0.500. The zero-order valence-electron chi connectivity index (χ0n) is 9.38. The van der Waals surface area contributed by atoms with Gasteiger partial charge in [0.2, 0.25) is 0 Å². The summed E-state index contributed by atoms with van der Waals surface area (Å²) in [4.78, 5) is 23.9. The van der Waals surface area contributed by atoms with E-state index in [4.69, 9.17) is 15.0 Å². The number of hydrogen-bond donors (Lipinski definition) is 1. The third-order valence-corrected chi connectivity index (χ3v) is 2.57. The minimum atomic E-state index is -0.543. The molecule has 2 rings (SSSR count). The fourth-order valence-corrected chi connectivity index (χ4v) is 1.70. The van der Waals surface area contributed by atoms with Gasteiger partial charge in [-0.3, -0.25) is 0 Å². The predicted molar refractivity (Wildman–Crippen MR) is 56.2 cm³/mol. The average molecular weight is 239 g/mol. The van der Waals surface area contributed by atoms with Crippen molar-refractivity contribution in [3.63, 3.8) is 0 Å². The van der Waals surface area contributed by atoms with Gasteiger partial charge in [0.05, 0.1) is 6.54 Å². The zero-order chi connectivity index (χ0) is 12.4. The number of esters is 1. The number of nitrogens with zero attached hydrogens (tertiary/aromatic N) is 2. The Labute approximate surface area is 97.5 Å². The Balaban J connectivity index is 1.90. The highest BCUT2D eigenvalue weighted by Gasteiger charge is 2.28. The number of primary amides is 1. The summed E-state index contributed by atoms with van der Waals surface area (Å²) in [5, 5.41) is 3.56. The van der Waals surface area contributed by atoms with Crippen LogP contribution in [0.5, 0.6) is 0 Å². The molecular weight excluding hydrogens is 226 g/mol. The molecule has 0 saturated carbocycles.